The van der Waals surface area contributed by atoms with E-state index in [9.17, 15) is 22.7 Å². The van der Waals surface area contributed by atoms with Crippen LogP contribution in [0.5, 0.6) is 0 Å². The lowest BCUT2D eigenvalue weighted by Gasteiger charge is -2.13. The summed E-state index contributed by atoms with van der Waals surface area (Å²) in [7, 11) is 0. The second kappa shape index (κ2) is 3.45. The summed E-state index contributed by atoms with van der Waals surface area (Å²) in [5.41, 5.74) is -2.34. The van der Waals surface area contributed by atoms with Gasteiger partial charge in [0.15, 0.2) is 0 Å². The SMILES string of the molecule is OC1(Cc2cccc(C(F)(F)F)c2F)CC1. The fraction of sp³-hybridized carbons (Fsp3) is 0.455. The van der Waals surface area contributed by atoms with Gasteiger partial charge in [-0.25, -0.2) is 4.39 Å². The molecule has 1 aliphatic carbocycles. The lowest BCUT2D eigenvalue weighted by molar-refractivity contribution is -0.140. The zero-order valence-corrected chi connectivity index (χ0v) is 8.31. The highest BCUT2D eigenvalue weighted by molar-refractivity contribution is 5.30. The topological polar surface area (TPSA) is 20.2 Å². The Balaban J connectivity index is 2.33. The molecule has 16 heavy (non-hydrogen) atoms. The molecule has 0 amide bonds. The summed E-state index contributed by atoms with van der Waals surface area (Å²) in [4.78, 5) is 0. The number of rotatable bonds is 2. The Bertz CT molecular complexity index is 407. The standard InChI is InChI=1S/C11H10F4O/c12-9-7(6-10(16)4-5-10)2-1-3-8(9)11(13,14)15/h1-3,16H,4-6H2. The lowest BCUT2D eigenvalue weighted by atomic mass is 10.0. The second-order valence-electron chi connectivity index (χ2n) is 4.18. The monoisotopic (exact) mass is 234 g/mol. The van der Waals surface area contributed by atoms with Gasteiger partial charge in [0.25, 0.3) is 0 Å². The number of halogens is 4. The molecular weight excluding hydrogens is 224 g/mol. The van der Waals surface area contributed by atoms with E-state index in [1.165, 1.54) is 6.07 Å². The third kappa shape index (κ3) is 2.19. The van der Waals surface area contributed by atoms with Crippen molar-refractivity contribution < 1.29 is 22.7 Å². The highest BCUT2D eigenvalue weighted by atomic mass is 19.4. The van der Waals surface area contributed by atoms with Gasteiger partial charge in [-0.05, 0) is 24.5 Å². The molecular formula is C11H10F4O. The van der Waals surface area contributed by atoms with Crippen molar-refractivity contribution in [3.05, 3.63) is 35.1 Å². The molecule has 2 rings (SSSR count). The van der Waals surface area contributed by atoms with E-state index < -0.39 is 23.2 Å². The molecule has 1 saturated carbocycles. The van der Waals surface area contributed by atoms with Gasteiger partial charge in [0.05, 0.1) is 11.2 Å². The van der Waals surface area contributed by atoms with Crippen LogP contribution in [0.4, 0.5) is 17.6 Å². The predicted molar refractivity (Wildman–Crippen MR) is 49.3 cm³/mol. The maximum Gasteiger partial charge on any atom is 0.419 e. The molecule has 0 radical (unpaired) electrons. The second-order valence-corrected chi connectivity index (χ2v) is 4.18. The van der Waals surface area contributed by atoms with Crippen molar-refractivity contribution in [2.75, 3.05) is 0 Å². The van der Waals surface area contributed by atoms with Crippen molar-refractivity contribution in [2.45, 2.75) is 31.0 Å². The maximum absolute atomic E-state index is 13.5. The van der Waals surface area contributed by atoms with Crippen LogP contribution in [0.25, 0.3) is 0 Å². The zero-order valence-electron chi connectivity index (χ0n) is 8.31. The Kier molecular flexibility index (Phi) is 2.45. The number of hydrogen-bond donors (Lipinski definition) is 1. The van der Waals surface area contributed by atoms with Crippen LogP contribution in [0.1, 0.15) is 24.0 Å². The first-order chi connectivity index (χ1) is 7.32. The van der Waals surface area contributed by atoms with Crippen molar-refractivity contribution in [1.29, 1.82) is 0 Å². The molecule has 1 N–H and O–H groups in total. The first-order valence-electron chi connectivity index (χ1n) is 4.89. The molecule has 88 valence electrons. The summed E-state index contributed by atoms with van der Waals surface area (Å²) >= 11 is 0. The summed E-state index contributed by atoms with van der Waals surface area (Å²) in [5.74, 6) is -1.27. The molecule has 1 fully saturated rings. The molecule has 1 aliphatic rings. The van der Waals surface area contributed by atoms with Crippen molar-refractivity contribution in [3.8, 4) is 0 Å². The first-order valence-corrected chi connectivity index (χ1v) is 4.89. The number of benzene rings is 1. The summed E-state index contributed by atoms with van der Waals surface area (Å²) in [6.45, 7) is 0. The summed E-state index contributed by atoms with van der Waals surface area (Å²) in [5, 5.41) is 9.55. The average Bonchev–Trinajstić information content (AvgIpc) is 2.86. The minimum atomic E-state index is -4.69. The molecule has 0 unspecified atom stereocenters. The molecule has 0 aliphatic heterocycles. The van der Waals surface area contributed by atoms with Gasteiger partial charge >= 0.3 is 6.18 Å². The van der Waals surface area contributed by atoms with Gasteiger partial charge in [0.2, 0.25) is 0 Å². The van der Waals surface area contributed by atoms with Crippen LogP contribution in [0, 0.1) is 5.82 Å². The molecule has 0 aromatic heterocycles. The molecule has 0 atom stereocenters. The van der Waals surface area contributed by atoms with Gasteiger partial charge in [-0.15, -0.1) is 0 Å². The molecule has 0 heterocycles. The fourth-order valence-corrected chi connectivity index (χ4v) is 1.61. The number of alkyl halides is 3. The van der Waals surface area contributed by atoms with E-state index in [0.717, 1.165) is 6.07 Å². The highest BCUT2D eigenvalue weighted by Gasteiger charge is 2.42. The molecule has 0 saturated heterocycles. The van der Waals surface area contributed by atoms with Gasteiger partial charge in [0, 0.05) is 6.42 Å². The summed E-state index contributed by atoms with van der Waals surface area (Å²) in [6.07, 6.45) is -3.71. The Labute approximate surface area is 89.7 Å². The molecule has 1 aromatic carbocycles. The molecule has 5 heteroatoms. The third-order valence-corrected chi connectivity index (χ3v) is 2.73. The number of aliphatic hydroxyl groups is 1. The molecule has 0 bridgehead atoms. The lowest BCUT2D eigenvalue weighted by Crippen LogP contribution is -2.15. The minimum Gasteiger partial charge on any atom is -0.390 e. The van der Waals surface area contributed by atoms with Crippen LogP contribution in [-0.2, 0) is 12.6 Å². The van der Waals surface area contributed by atoms with Gasteiger partial charge in [-0.3, -0.25) is 0 Å². The van der Waals surface area contributed by atoms with Gasteiger partial charge in [0.1, 0.15) is 5.82 Å². The van der Waals surface area contributed by atoms with E-state index in [0.29, 0.717) is 18.9 Å². The van der Waals surface area contributed by atoms with Crippen molar-refractivity contribution in [1.82, 2.24) is 0 Å². The van der Waals surface area contributed by atoms with Gasteiger partial charge < -0.3 is 5.11 Å². The van der Waals surface area contributed by atoms with Crippen LogP contribution in [0.2, 0.25) is 0 Å². The van der Waals surface area contributed by atoms with Crippen LogP contribution in [0.15, 0.2) is 18.2 Å². The largest absolute Gasteiger partial charge is 0.419 e. The average molecular weight is 234 g/mol. The summed E-state index contributed by atoms with van der Waals surface area (Å²) in [6, 6.07) is 3.14. The Hall–Kier alpha value is -1.10. The predicted octanol–water partition coefficient (Wildman–Crippen LogP) is 2.91. The van der Waals surface area contributed by atoms with Crippen molar-refractivity contribution >= 4 is 0 Å². The van der Waals surface area contributed by atoms with Crippen LogP contribution in [0.3, 0.4) is 0 Å². The van der Waals surface area contributed by atoms with Crippen LogP contribution in [-0.4, -0.2) is 10.7 Å². The summed E-state index contributed by atoms with van der Waals surface area (Å²) < 4.78 is 50.6. The van der Waals surface area contributed by atoms with Crippen molar-refractivity contribution in [3.63, 3.8) is 0 Å². The van der Waals surface area contributed by atoms with E-state index in [1.54, 1.807) is 0 Å². The van der Waals surface area contributed by atoms with E-state index in [2.05, 4.69) is 0 Å². The maximum atomic E-state index is 13.5. The first kappa shape index (κ1) is 11.4. The van der Waals surface area contributed by atoms with Gasteiger partial charge in [-0.2, -0.15) is 13.2 Å². The van der Waals surface area contributed by atoms with E-state index in [-0.39, 0.29) is 12.0 Å². The quantitative estimate of drug-likeness (QED) is 0.780. The van der Waals surface area contributed by atoms with Crippen molar-refractivity contribution in [2.24, 2.45) is 0 Å². The highest BCUT2D eigenvalue weighted by Crippen LogP contribution is 2.40. The number of hydrogen-bond acceptors (Lipinski definition) is 1. The zero-order chi connectivity index (χ0) is 12.0. The van der Waals surface area contributed by atoms with E-state index in [4.69, 9.17) is 0 Å². The van der Waals surface area contributed by atoms with E-state index >= 15 is 0 Å². The third-order valence-electron chi connectivity index (χ3n) is 2.73. The normalized spacial score (nSPS) is 18.6. The minimum absolute atomic E-state index is 0.0528. The Morgan fingerprint density at radius 2 is 1.88 bits per heavy atom. The Morgan fingerprint density at radius 3 is 2.38 bits per heavy atom. The molecule has 1 aromatic rings. The molecule has 1 nitrogen and oxygen atoms in total. The van der Waals surface area contributed by atoms with Crippen LogP contribution >= 0.6 is 0 Å². The van der Waals surface area contributed by atoms with Gasteiger partial charge in [-0.1, -0.05) is 12.1 Å². The van der Waals surface area contributed by atoms with Crippen LogP contribution < -0.4 is 0 Å². The van der Waals surface area contributed by atoms with E-state index in [1.807, 2.05) is 0 Å². The Morgan fingerprint density at radius 1 is 1.25 bits per heavy atom. The smallest absolute Gasteiger partial charge is 0.390 e. The molecule has 0 spiro atoms. The fourth-order valence-electron chi connectivity index (χ4n) is 1.61.